The zero-order valence-electron chi connectivity index (χ0n) is 14.4. The Morgan fingerprint density at radius 2 is 1.42 bits per heavy atom. The Labute approximate surface area is 160 Å². The van der Waals surface area contributed by atoms with E-state index < -0.39 is 20.6 Å². The number of pyridine rings is 1. The number of hydrogen-bond acceptors (Lipinski definition) is 4. The number of nitrogens with two attached hydrogens (primary N) is 1. The van der Waals surface area contributed by atoms with Gasteiger partial charge in [-0.15, -0.1) is 0 Å². The third kappa shape index (κ3) is 4.93. The molecule has 0 aliphatic heterocycles. The molecule has 1 aromatic heterocycles. The van der Waals surface area contributed by atoms with Crippen LogP contribution in [0.25, 0.3) is 0 Å². The second-order valence-corrected chi connectivity index (χ2v) is 10.5. The number of rotatable bonds is 5. The van der Waals surface area contributed by atoms with E-state index in [9.17, 15) is 0 Å². The predicted octanol–water partition coefficient (Wildman–Crippen LogP) is 1.94. The molecule has 0 spiro atoms. The molecule has 0 saturated heterocycles. The maximum absolute atomic E-state index is 6.09. The average Bonchev–Trinajstić information content (AvgIpc) is 2.72. The number of aromatic nitrogens is 1. The summed E-state index contributed by atoms with van der Waals surface area (Å²) in [4.78, 5) is 4.24. The molecule has 6 heteroatoms. The molecule has 0 bridgehead atoms. The second-order valence-electron chi connectivity index (χ2n) is 5.40. The van der Waals surface area contributed by atoms with E-state index in [0.717, 1.165) is 5.69 Å². The first-order chi connectivity index (χ1) is 12.7. The van der Waals surface area contributed by atoms with Gasteiger partial charge in [-0.3, -0.25) is 0 Å². The van der Waals surface area contributed by atoms with Gasteiger partial charge >= 0.3 is 161 Å². The van der Waals surface area contributed by atoms with Crippen LogP contribution in [0.15, 0.2) is 95.3 Å². The van der Waals surface area contributed by atoms with Crippen LogP contribution in [-0.4, -0.2) is 37.3 Å². The molecular formula is C20H19N4OSb. The van der Waals surface area contributed by atoms with Crippen LogP contribution in [0.2, 0.25) is 0 Å². The number of amidine groups is 1. The van der Waals surface area contributed by atoms with Crippen molar-refractivity contribution in [3.8, 4) is 0 Å². The van der Waals surface area contributed by atoms with Gasteiger partial charge in [0.2, 0.25) is 0 Å². The molecule has 0 radical (unpaired) electrons. The molecule has 0 aliphatic rings. The van der Waals surface area contributed by atoms with Crippen LogP contribution >= 0.6 is 0 Å². The Hall–Kier alpha value is -2.65. The number of hydrogen-bond donors (Lipinski definition) is 1. The molecule has 26 heavy (non-hydrogen) atoms. The fraction of sp³-hybridized carbons (Fsp3) is 0.0500. The summed E-state index contributed by atoms with van der Waals surface area (Å²) in [6.45, 7) is 1.84. The fourth-order valence-corrected chi connectivity index (χ4v) is 6.86. The molecular weight excluding hydrogens is 434 g/mol. The Morgan fingerprint density at radius 3 is 1.96 bits per heavy atom. The summed E-state index contributed by atoms with van der Waals surface area (Å²) in [5, 5.41) is 8.21. The first kappa shape index (κ1) is 18.1. The van der Waals surface area contributed by atoms with Crippen LogP contribution in [0.4, 0.5) is 0 Å². The molecule has 0 saturated carbocycles. The van der Waals surface area contributed by atoms with Crippen LogP contribution in [-0.2, 0) is 3.02 Å². The number of nitrogens with zero attached hydrogens (tertiary/aromatic N) is 3. The summed E-state index contributed by atoms with van der Waals surface area (Å²) in [7, 11) is 0. The monoisotopic (exact) mass is 452 g/mol. The van der Waals surface area contributed by atoms with Gasteiger partial charge in [0.05, 0.1) is 0 Å². The Morgan fingerprint density at radius 1 is 0.846 bits per heavy atom. The summed E-state index contributed by atoms with van der Waals surface area (Å²) < 4.78 is 8.44. The summed E-state index contributed by atoms with van der Waals surface area (Å²) in [5.74, 6) is 0. The zero-order valence-corrected chi connectivity index (χ0v) is 16.9. The quantitative estimate of drug-likeness (QED) is 0.278. The molecule has 1 heterocycles. The zero-order chi connectivity index (χ0) is 18.2. The summed E-state index contributed by atoms with van der Waals surface area (Å²) >= 11 is -2.51. The van der Waals surface area contributed by atoms with Crippen molar-refractivity contribution in [3.05, 3.63) is 90.8 Å². The van der Waals surface area contributed by atoms with Gasteiger partial charge < -0.3 is 0 Å². The fourth-order valence-electron chi connectivity index (χ4n) is 2.25. The molecule has 5 nitrogen and oxygen atoms in total. The van der Waals surface area contributed by atoms with Crippen molar-refractivity contribution in [2.45, 2.75) is 6.92 Å². The van der Waals surface area contributed by atoms with Crippen LogP contribution in [0.5, 0.6) is 0 Å². The van der Waals surface area contributed by atoms with Crippen molar-refractivity contribution in [3.63, 3.8) is 0 Å². The van der Waals surface area contributed by atoms with E-state index in [2.05, 4.69) is 39.5 Å². The van der Waals surface area contributed by atoms with Crippen molar-refractivity contribution < 1.29 is 3.02 Å². The first-order valence-electron chi connectivity index (χ1n) is 8.11. The SMILES string of the molecule is C/C(=N\N=C(/N)[O][Sb]([c]1ccccc1)[c]1ccccc1)c1ccccn1. The van der Waals surface area contributed by atoms with E-state index in [-0.39, 0.29) is 6.02 Å². The molecule has 0 fully saturated rings. The van der Waals surface area contributed by atoms with Crippen molar-refractivity contribution in [1.82, 2.24) is 4.98 Å². The van der Waals surface area contributed by atoms with Gasteiger partial charge in [0.15, 0.2) is 0 Å². The maximum atomic E-state index is 6.09. The van der Waals surface area contributed by atoms with Gasteiger partial charge in [-0.25, -0.2) is 0 Å². The molecule has 0 unspecified atom stereocenters. The third-order valence-corrected chi connectivity index (χ3v) is 8.93. The minimum absolute atomic E-state index is 0.0796. The predicted molar refractivity (Wildman–Crippen MR) is 107 cm³/mol. The van der Waals surface area contributed by atoms with Gasteiger partial charge in [-0.1, -0.05) is 0 Å². The normalized spacial score (nSPS) is 12.2. The topological polar surface area (TPSA) is 72.9 Å². The molecule has 3 aromatic rings. The Kier molecular flexibility index (Phi) is 6.39. The Bertz CT molecular complexity index is 844. The van der Waals surface area contributed by atoms with Crippen molar-refractivity contribution in [1.29, 1.82) is 0 Å². The molecule has 0 aliphatic carbocycles. The van der Waals surface area contributed by atoms with Crippen molar-refractivity contribution in [2.24, 2.45) is 15.9 Å². The van der Waals surface area contributed by atoms with E-state index in [1.54, 1.807) is 6.20 Å². The molecule has 0 amide bonds. The third-order valence-electron chi connectivity index (χ3n) is 3.50. The molecule has 0 atom stereocenters. The van der Waals surface area contributed by atoms with Crippen LogP contribution in [0.3, 0.4) is 0 Å². The average molecular weight is 453 g/mol. The van der Waals surface area contributed by atoms with Crippen molar-refractivity contribution >= 4 is 39.4 Å². The van der Waals surface area contributed by atoms with Gasteiger partial charge in [-0.05, 0) is 0 Å². The summed E-state index contributed by atoms with van der Waals surface area (Å²) in [5.41, 5.74) is 7.46. The summed E-state index contributed by atoms with van der Waals surface area (Å²) in [6.07, 6.45) is 1.72. The molecule has 3 rings (SSSR count). The standard InChI is InChI=1S/C8H10N4O.2C6H5.Sb/c1-6(11-12-8(9)13)7-4-2-3-5-10-7;2*1-2-4-6-5-3-1;/h2-5H,1H3,(H3,9,12,13);2*1-5H;/q;;;+1/p-1/b11-6+;;;. The Balaban J connectivity index is 1.83. The van der Waals surface area contributed by atoms with Gasteiger partial charge in [0, 0.05) is 0 Å². The van der Waals surface area contributed by atoms with E-state index in [0.29, 0.717) is 5.71 Å². The van der Waals surface area contributed by atoms with E-state index in [1.165, 1.54) is 7.02 Å². The van der Waals surface area contributed by atoms with Gasteiger partial charge in [-0.2, -0.15) is 0 Å². The minimum atomic E-state index is -2.51. The van der Waals surface area contributed by atoms with E-state index in [1.807, 2.05) is 61.5 Å². The summed E-state index contributed by atoms with van der Waals surface area (Å²) in [6, 6.07) is 26.0. The number of benzene rings is 2. The molecule has 2 aromatic carbocycles. The van der Waals surface area contributed by atoms with Gasteiger partial charge in [0.1, 0.15) is 0 Å². The van der Waals surface area contributed by atoms with Crippen LogP contribution in [0.1, 0.15) is 12.6 Å². The first-order valence-corrected chi connectivity index (χ1v) is 11.7. The van der Waals surface area contributed by atoms with E-state index >= 15 is 0 Å². The molecule has 130 valence electrons. The molecule has 2 N–H and O–H groups in total. The van der Waals surface area contributed by atoms with Crippen molar-refractivity contribution in [2.75, 3.05) is 0 Å². The van der Waals surface area contributed by atoms with Gasteiger partial charge in [0.25, 0.3) is 0 Å². The van der Waals surface area contributed by atoms with Crippen LogP contribution < -0.4 is 12.8 Å². The van der Waals surface area contributed by atoms with Crippen LogP contribution in [0, 0.1) is 0 Å². The second kappa shape index (κ2) is 9.16. The van der Waals surface area contributed by atoms with E-state index in [4.69, 9.17) is 8.75 Å².